The van der Waals surface area contributed by atoms with Gasteiger partial charge in [-0.1, -0.05) is 30.3 Å². The van der Waals surface area contributed by atoms with Gasteiger partial charge < -0.3 is 24.1 Å². The maximum absolute atomic E-state index is 13.5. The first kappa shape index (κ1) is 22.2. The number of hydrogen-bond acceptors (Lipinski definition) is 7. The van der Waals surface area contributed by atoms with E-state index < -0.39 is 11.6 Å². The molecule has 34 heavy (non-hydrogen) atoms. The number of piperidine rings is 3. The van der Waals surface area contributed by atoms with E-state index in [-0.39, 0.29) is 24.5 Å². The Kier molecular flexibility index (Phi) is 5.89. The Bertz CT molecular complexity index is 1130. The van der Waals surface area contributed by atoms with Crippen molar-refractivity contribution in [2.24, 2.45) is 5.92 Å². The summed E-state index contributed by atoms with van der Waals surface area (Å²) < 4.78 is 11.7. The summed E-state index contributed by atoms with van der Waals surface area (Å²) in [5, 5.41) is 14.4. The van der Waals surface area contributed by atoms with Crippen molar-refractivity contribution in [3.05, 3.63) is 78.8 Å². The molecule has 5 heterocycles. The van der Waals surface area contributed by atoms with Gasteiger partial charge in [0.1, 0.15) is 12.9 Å². The third kappa shape index (κ3) is 4.20. The molecular weight excluding hydrogens is 436 g/mol. The molecule has 3 aliphatic rings. The molecule has 2 bridgehead atoms. The largest absolute Gasteiger partial charge is 0.472 e. The molecule has 176 valence electrons. The Morgan fingerprint density at radius 3 is 2.53 bits per heavy atom. The molecule has 0 radical (unpaired) electrons. The summed E-state index contributed by atoms with van der Waals surface area (Å²) in [5.74, 6) is -0.652. The lowest BCUT2D eigenvalue weighted by atomic mass is 9.82. The van der Waals surface area contributed by atoms with Crippen molar-refractivity contribution in [3.8, 4) is 0 Å². The predicted molar refractivity (Wildman–Crippen MR) is 121 cm³/mol. The number of quaternary nitrogens is 1. The number of anilines is 1. The van der Waals surface area contributed by atoms with Gasteiger partial charge in [-0.15, -0.1) is 0 Å². The topological polar surface area (TPSA) is 115 Å². The maximum atomic E-state index is 13.5. The molecule has 3 saturated heterocycles. The summed E-state index contributed by atoms with van der Waals surface area (Å²) >= 11 is 0. The molecule has 9 nitrogen and oxygen atoms in total. The molecule has 2 aromatic heterocycles. The van der Waals surface area contributed by atoms with Crippen molar-refractivity contribution >= 4 is 17.6 Å². The van der Waals surface area contributed by atoms with Gasteiger partial charge in [-0.3, -0.25) is 4.79 Å². The van der Waals surface area contributed by atoms with Gasteiger partial charge in [-0.2, -0.15) is 0 Å². The minimum Gasteiger partial charge on any atom is -0.472 e. The minimum atomic E-state index is -1.98. The van der Waals surface area contributed by atoms with Gasteiger partial charge in [0, 0.05) is 24.3 Å². The Morgan fingerprint density at radius 1 is 1.12 bits per heavy atom. The van der Waals surface area contributed by atoms with Gasteiger partial charge >= 0.3 is 5.97 Å². The predicted octanol–water partition coefficient (Wildman–Crippen LogP) is 2.10. The number of carbonyl (C=O) groups excluding carboxylic acids is 2. The molecule has 0 saturated carbocycles. The van der Waals surface area contributed by atoms with Crippen LogP contribution in [0.5, 0.6) is 0 Å². The molecule has 2 N–H and O–H groups in total. The summed E-state index contributed by atoms with van der Waals surface area (Å²) in [6.45, 7) is 2.51. The molecule has 3 fully saturated rings. The summed E-state index contributed by atoms with van der Waals surface area (Å²) in [6.07, 6.45) is 8.62. The van der Waals surface area contributed by atoms with Gasteiger partial charge in [0.05, 0.1) is 43.7 Å². The van der Waals surface area contributed by atoms with E-state index in [1.54, 1.807) is 42.7 Å². The molecule has 3 aromatic rings. The summed E-state index contributed by atoms with van der Waals surface area (Å²) in [4.78, 5) is 34.1. The van der Waals surface area contributed by atoms with Crippen molar-refractivity contribution in [2.75, 3.05) is 31.5 Å². The summed E-state index contributed by atoms with van der Waals surface area (Å²) in [6, 6.07) is 10.3. The van der Waals surface area contributed by atoms with E-state index in [0.29, 0.717) is 27.8 Å². The van der Waals surface area contributed by atoms with E-state index in [2.05, 4.69) is 15.3 Å². The van der Waals surface area contributed by atoms with E-state index in [9.17, 15) is 14.7 Å². The third-order valence-corrected chi connectivity index (χ3v) is 7.05. The van der Waals surface area contributed by atoms with Crippen LogP contribution in [0.3, 0.4) is 0 Å². The van der Waals surface area contributed by atoms with Crippen LogP contribution in [-0.4, -0.2) is 63.7 Å². The number of fused-ring (bicyclic) bond motifs is 3. The second-order valence-electron chi connectivity index (χ2n) is 9.17. The molecule has 1 amide bonds. The van der Waals surface area contributed by atoms with Crippen LogP contribution in [0.15, 0.2) is 72.1 Å². The van der Waals surface area contributed by atoms with E-state index in [1.165, 1.54) is 18.9 Å². The lowest BCUT2D eigenvalue weighted by Gasteiger charge is -2.51. The second-order valence-corrected chi connectivity index (χ2v) is 9.17. The van der Waals surface area contributed by atoms with Crippen molar-refractivity contribution in [1.29, 1.82) is 0 Å². The smallest absolute Gasteiger partial charge is 0.348 e. The zero-order valence-corrected chi connectivity index (χ0v) is 18.7. The molecule has 0 aliphatic carbocycles. The Balaban J connectivity index is 1.32. The number of benzene rings is 1. The fraction of sp³-hybridized carbons (Fsp3) is 0.360. The molecule has 2 atom stereocenters. The Labute approximate surface area is 197 Å². The maximum Gasteiger partial charge on any atom is 0.348 e. The quantitative estimate of drug-likeness (QED) is 0.407. The zero-order chi connectivity index (χ0) is 23.6. The molecule has 1 unspecified atom stereocenters. The fourth-order valence-corrected chi connectivity index (χ4v) is 5.22. The number of hydrogen-bond donors (Lipinski definition) is 2. The lowest BCUT2D eigenvalue weighted by Crippen LogP contribution is -2.66. The van der Waals surface area contributed by atoms with Crippen LogP contribution in [-0.2, 0) is 19.9 Å². The normalized spacial score (nSPS) is 25.3. The number of furan rings is 1. The number of carbonyl (C=O) groups is 2. The number of aliphatic hydroxyl groups is 1. The van der Waals surface area contributed by atoms with Crippen LogP contribution in [0.2, 0.25) is 0 Å². The van der Waals surface area contributed by atoms with Gasteiger partial charge in [0.15, 0.2) is 12.6 Å². The number of amides is 1. The molecular formula is C25H27N4O5+. The monoisotopic (exact) mass is 463 g/mol. The van der Waals surface area contributed by atoms with Gasteiger partial charge in [-0.05, 0) is 11.6 Å². The van der Waals surface area contributed by atoms with Gasteiger partial charge in [0.25, 0.3) is 5.91 Å². The van der Waals surface area contributed by atoms with Gasteiger partial charge in [0.2, 0.25) is 5.60 Å². The average molecular weight is 464 g/mol. The van der Waals surface area contributed by atoms with E-state index >= 15 is 0 Å². The average Bonchev–Trinajstić information content (AvgIpc) is 3.40. The van der Waals surface area contributed by atoms with Crippen molar-refractivity contribution in [2.45, 2.75) is 24.5 Å². The van der Waals surface area contributed by atoms with E-state index in [0.717, 1.165) is 25.9 Å². The Hall–Kier alpha value is -3.56. The van der Waals surface area contributed by atoms with Crippen LogP contribution in [0.1, 0.15) is 24.0 Å². The first-order valence-corrected chi connectivity index (χ1v) is 11.4. The zero-order valence-electron chi connectivity index (χ0n) is 18.7. The summed E-state index contributed by atoms with van der Waals surface area (Å²) in [7, 11) is 0. The van der Waals surface area contributed by atoms with E-state index in [1.807, 2.05) is 6.07 Å². The summed E-state index contributed by atoms with van der Waals surface area (Å²) in [5.41, 5.74) is -0.696. The Morgan fingerprint density at radius 2 is 1.85 bits per heavy atom. The molecule has 1 aromatic carbocycles. The van der Waals surface area contributed by atoms with E-state index in [4.69, 9.17) is 9.15 Å². The number of nitrogens with one attached hydrogen (secondary N) is 1. The van der Waals surface area contributed by atoms with Crippen LogP contribution in [0.25, 0.3) is 0 Å². The number of rotatable bonds is 7. The highest BCUT2D eigenvalue weighted by Gasteiger charge is 2.51. The standard InChI is InChI=1S/C25H26N4O5/c30-23(28-21-12-26-17-27-13-21)15-29-9-6-18(7-10-29)22(14-29)34-24(31)25(32,20-8-11-33-16-20)19-4-2-1-3-5-19/h1-5,8,11-13,16-18,22,32H,6-7,9-10,14-15H2/p+1/t18?,22?,25-,29?/m1/s1. The van der Waals surface area contributed by atoms with Crippen LogP contribution >= 0.6 is 0 Å². The van der Waals surface area contributed by atoms with Crippen molar-refractivity contribution in [1.82, 2.24) is 9.97 Å². The lowest BCUT2D eigenvalue weighted by molar-refractivity contribution is -0.939. The van der Waals surface area contributed by atoms with Crippen LogP contribution in [0.4, 0.5) is 5.69 Å². The van der Waals surface area contributed by atoms with Crippen molar-refractivity contribution < 1.29 is 28.3 Å². The minimum absolute atomic E-state index is 0.126. The highest BCUT2D eigenvalue weighted by atomic mass is 16.6. The third-order valence-electron chi connectivity index (χ3n) is 7.05. The first-order valence-electron chi connectivity index (χ1n) is 11.4. The SMILES string of the molecule is O=C(C[N+]12CCC(CC1)C(OC(=O)[C@@](O)(c1ccccc1)c1ccoc1)C2)Nc1cncnc1. The first-order chi connectivity index (χ1) is 16.5. The highest BCUT2D eigenvalue weighted by molar-refractivity contribution is 5.91. The number of esters is 1. The number of nitrogens with zero attached hydrogens (tertiary/aromatic N) is 3. The van der Waals surface area contributed by atoms with Crippen molar-refractivity contribution in [3.63, 3.8) is 0 Å². The molecule has 3 aliphatic heterocycles. The molecule has 9 heteroatoms. The van der Waals surface area contributed by atoms with Crippen LogP contribution < -0.4 is 5.32 Å². The molecule has 0 spiro atoms. The number of aromatic nitrogens is 2. The highest BCUT2D eigenvalue weighted by Crippen LogP contribution is 2.38. The van der Waals surface area contributed by atoms with Gasteiger partial charge in [-0.25, -0.2) is 14.8 Å². The second kappa shape index (κ2) is 9.00. The number of ether oxygens (including phenoxy) is 1. The molecule has 6 rings (SSSR count). The van der Waals surface area contributed by atoms with Crippen LogP contribution in [0, 0.1) is 5.92 Å². The fourth-order valence-electron chi connectivity index (χ4n) is 5.22.